The van der Waals surface area contributed by atoms with Crippen LogP contribution >= 0.6 is 11.6 Å². The number of halogens is 1. The second-order valence-corrected chi connectivity index (χ2v) is 8.38. The highest BCUT2D eigenvalue weighted by atomic mass is 35.5. The molecule has 5 heteroatoms. The van der Waals surface area contributed by atoms with Gasteiger partial charge in [0.05, 0.1) is 11.0 Å². The summed E-state index contributed by atoms with van der Waals surface area (Å²) in [5, 5.41) is 0.212. The van der Waals surface area contributed by atoms with E-state index in [1.807, 2.05) is 0 Å². The van der Waals surface area contributed by atoms with Crippen molar-refractivity contribution in [3.05, 3.63) is 34.9 Å². The van der Waals surface area contributed by atoms with Gasteiger partial charge in [-0.05, 0) is 42.9 Å². The molecular weight excluding hydrogens is 294 g/mol. The molecule has 20 heavy (non-hydrogen) atoms. The van der Waals surface area contributed by atoms with Gasteiger partial charge in [-0.1, -0.05) is 37.1 Å². The first-order valence-electron chi connectivity index (χ1n) is 7.14. The SMILES string of the molecule is CCC1CCC(N)C(S(=O)(=O)Cc2ccc(Cl)cc2)C1. The first kappa shape index (κ1) is 15.8. The third-order valence-electron chi connectivity index (χ3n) is 4.27. The van der Waals surface area contributed by atoms with Crippen LogP contribution in [0.3, 0.4) is 0 Å². The third kappa shape index (κ3) is 3.74. The van der Waals surface area contributed by atoms with E-state index in [9.17, 15) is 8.42 Å². The molecule has 2 rings (SSSR count). The van der Waals surface area contributed by atoms with E-state index >= 15 is 0 Å². The van der Waals surface area contributed by atoms with Crippen molar-refractivity contribution in [3.8, 4) is 0 Å². The van der Waals surface area contributed by atoms with Crippen LogP contribution in [-0.2, 0) is 15.6 Å². The van der Waals surface area contributed by atoms with E-state index in [2.05, 4.69) is 6.92 Å². The summed E-state index contributed by atoms with van der Waals surface area (Å²) < 4.78 is 25.2. The van der Waals surface area contributed by atoms with E-state index in [1.54, 1.807) is 24.3 Å². The maximum absolute atomic E-state index is 12.6. The van der Waals surface area contributed by atoms with Gasteiger partial charge in [-0.15, -0.1) is 0 Å². The normalized spacial score (nSPS) is 27.4. The van der Waals surface area contributed by atoms with Crippen LogP contribution in [0.5, 0.6) is 0 Å². The van der Waals surface area contributed by atoms with Gasteiger partial charge in [0, 0.05) is 11.1 Å². The number of nitrogens with two attached hydrogens (primary N) is 1. The number of rotatable bonds is 4. The lowest BCUT2D eigenvalue weighted by Gasteiger charge is -2.33. The molecule has 112 valence electrons. The summed E-state index contributed by atoms with van der Waals surface area (Å²) in [6.07, 6.45) is 3.58. The molecule has 1 saturated carbocycles. The van der Waals surface area contributed by atoms with Crippen molar-refractivity contribution in [1.82, 2.24) is 0 Å². The van der Waals surface area contributed by atoms with Gasteiger partial charge in [0.2, 0.25) is 0 Å². The molecule has 0 radical (unpaired) electrons. The molecule has 1 aromatic rings. The molecule has 0 aliphatic heterocycles. The number of sulfone groups is 1. The zero-order valence-electron chi connectivity index (χ0n) is 11.8. The van der Waals surface area contributed by atoms with E-state index in [0.717, 1.165) is 24.8 Å². The summed E-state index contributed by atoms with van der Waals surface area (Å²) in [5.41, 5.74) is 6.84. The molecule has 1 aliphatic carbocycles. The minimum absolute atomic E-state index is 0.0545. The van der Waals surface area contributed by atoms with Crippen LogP contribution in [0.15, 0.2) is 24.3 Å². The molecule has 0 saturated heterocycles. The van der Waals surface area contributed by atoms with Gasteiger partial charge in [0.15, 0.2) is 9.84 Å². The fourth-order valence-electron chi connectivity index (χ4n) is 2.94. The van der Waals surface area contributed by atoms with E-state index < -0.39 is 15.1 Å². The number of hydrogen-bond acceptors (Lipinski definition) is 3. The molecule has 3 nitrogen and oxygen atoms in total. The fraction of sp³-hybridized carbons (Fsp3) is 0.600. The minimum atomic E-state index is -3.21. The zero-order chi connectivity index (χ0) is 14.8. The van der Waals surface area contributed by atoms with E-state index in [1.165, 1.54) is 0 Å². The van der Waals surface area contributed by atoms with Crippen molar-refractivity contribution in [2.45, 2.75) is 49.7 Å². The van der Waals surface area contributed by atoms with Crippen molar-refractivity contribution < 1.29 is 8.42 Å². The molecule has 1 aliphatic rings. The maximum Gasteiger partial charge on any atom is 0.158 e. The Morgan fingerprint density at radius 1 is 1.25 bits per heavy atom. The van der Waals surface area contributed by atoms with E-state index in [0.29, 0.717) is 17.4 Å². The van der Waals surface area contributed by atoms with Crippen LogP contribution in [0.1, 0.15) is 38.2 Å². The molecule has 0 heterocycles. The molecule has 2 N–H and O–H groups in total. The monoisotopic (exact) mass is 315 g/mol. The second kappa shape index (κ2) is 6.46. The molecule has 0 spiro atoms. The zero-order valence-corrected chi connectivity index (χ0v) is 13.3. The first-order valence-corrected chi connectivity index (χ1v) is 9.23. The van der Waals surface area contributed by atoms with Crippen molar-refractivity contribution >= 4 is 21.4 Å². The van der Waals surface area contributed by atoms with Crippen LogP contribution in [-0.4, -0.2) is 19.7 Å². The van der Waals surface area contributed by atoms with Gasteiger partial charge in [0.1, 0.15) is 0 Å². The van der Waals surface area contributed by atoms with Gasteiger partial charge >= 0.3 is 0 Å². The lowest BCUT2D eigenvalue weighted by Crippen LogP contribution is -2.45. The molecule has 0 amide bonds. The molecule has 0 bridgehead atoms. The largest absolute Gasteiger partial charge is 0.327 e. The van der Waals surface area contributed by atoms with Crippen molar-refractivity contribution in [3.63, 3.8) is 0 Å². The topological polar surface area (TPSA) is 60.2 Å². The lowest BCUT2D eigenvalue weighted by molar-refractivity contribution is 0.319. The Balaban J connectivity index is 2.14. The Hall–Kier alpha value is -0.580. The molecule has 1 fully saturated rings. The smallest absolute Gasteiger partial charge is 0.158 e. The average Bonchev–Trinajstić information content (AvgIpc) is 2.41. The van der Waals surface area contributed by atoms with E-state index in [-0.39, 0.29) is 11.8 Å². The Labute approximate surface area is 126 Å². The summed E-state index contributed by atoms with van der Waals surface area (Å²) in [7, 11) is -3.21. The Morgan fingerprint density at radius 3 is 2.50 bits per heavy atom. The van der Waals surface area contributed by atoms with E-state index in [4.69, 9.17) is 17.3 Å². The Bertz CT molecular complexity index is 541. The molecule has 1 aromatic carbocycles. The number of benzene rings is 1. The van der Waals surface area contributed by atoms with Crippen molar-refractivity contribution in [1.29, 1.82) is 0 Å². The van der Waals surface area contributed by atoms with Crippen LogP contribution in [0.25, 0.3) is 0 Å². The molecule has 3 unspecified atom stereocenters. The summed E-state index contributed by atoms with van der Waals surface area (Å²) >= 11 is 5.82. The highest BCUT2D eigenvalue weighted by molar-refractivity contribution is 7.91. The summed E-state index contributed by atoms with van der Waals surface area (Å²) in [6.45, 7) is 2.12. The van der Waals surface area contributed by atoms with Crippen LogP contribution in [0.4, 0.5) is 0 Å². The molecule has 0 aromatic heterocycles. The predicted molar refractivity (Wildman–Crippen MR) is 83.5 cm³/mol. The standard InChI is InChI=1S/C15H22ClNO2S/c1-2-11-5-8-14(17)15(9-11)20(18,19)10-12-3-6-13(16)7-4-12/h3-4,6-7,11,14-15H,2,5,8-10,17H2,1H3. The fourth-order valence-corrected chi connectivity index (χ4v) is 5.17. The number of hydrogen-bond donors (Lipinski definition) is 1. The summed E-state index contributed by atoms with van der Waals surface area (Å²) in [6, 6.07) is 6.76. The average molecular weight is 316 g/mol. The van der Waals surface area contributed by atoms with Crippen molar-refractivity contribution in [2.24, 2.45) is 11.7 Å². The van der Waals surface area contributed by atoms with Gasteiger partial charge in [-0.25, -0.2) is 8.42 Å². The van der Waals surface area contributed by atoms with Crippen LogP contribution < -0.4 is 5.73 Å². The van der Waals surface area contributed by atoms with Gasteiger partial charge in [-0.2, -0.15) is 0 Å². The van der Waals surface area contributed by atoms with Gasteiger partial charge in [0.25, 0.3) is 0 Å². The third-order valence-corrected chi connectivity index (χ3v) is 6.72. The Kier molecular flexibility index (Phi) is 5.10. The lowest BCUT2D eigenvalue weighted by atomic mass is 9.84. The van der Waals surface area contributed by atoms with Gasteiger partial charge < -0.3 is 5.73 Å². The highest BCUT2D eigenvalue weighted by Gasteiger charge is 2.36. The second-order valence-electron chi connectivity index (χ2n) is 5.72. The molecule has 3 atom stereocenters. The minimum Gasteiger partial charge on any atom is -0.327 e. The first-order chi connectivity index (χ1) is 9.42. The highest BCUT2D eigenvalue weighted by Crippen LogP contribution is 2.31. The molecular formula is C15H22ClNO2S. The van der Waals surface area contributed by atoms with Crippen molar-refractivity contribution in [2.75, 3.05) is 0 Å². The quantitative estimate of drug-likeness (QED) is 0.928. The summed E-state index contributed by atoms with van der Waals surface area (Å²) in [5.74, 6) is 0.540. The van der Waals surface area contributed by atoms with Crippen LogP contribution in [0, 0.1) is 5.92 Å². The van der Waals surface area contributed by atoms with Gasteiger partial charge in [-0.3, -0.25) is 0 Å². The Morgan fingerprint density at radius 2 is 1.90 bits per heavy atom. The van der Waals surface area contributed by atoms with Crippen LogP contribution in [0.2, 0.25) is 5.02 Å². The maximum atomic E-state index is 12.6. The summed E-state index contributed by atoms with van der Waals surface area (Å²) in [4.78, 5) is 0. The predicted octanol–water partition coefficient (Wildman–Crippen LogP) is 3.16.